The molecule has 0 aromatic carbocycles. The lowest BCUT2D eigenvalue weighted by Gasteiger charge is -2.26. The Morgan fingerprint density at radius 1 is 1.40 bits per heavy atom. The predicted octanol–water partition coefficient (Wildman–Crippen LogP) is -0.814. The van der Waals surface area contributed by atoms with Crippen molar-refractivity contribution in [3.05, 3.63) is 24.3 Å². The summed E-state index contributed by atoms with van der Waals surface area (Å²) in [6, 6.07) is 1.74. The van der Waals surface area contributed by atoms with Gasteiger partial charge < -0.3 is 10.1 Å². The van der Waals surface area contributed by atoms with E-state index < -0.39 is 0 Å². The van der Waals surface area contributed by atoms with Gasteiger partial charge in [-0.1, -0.05) is 0 Å². The van der Waals surface area contributed by atoms with Crippen LogP contribution in [0.5, 0.6) is 0 Å². The summed E-state index contributed by atoms with van der Waals surface area (Å²) in [5, 5.41) is 6.90. The van der Waals surface area contributed by atoms with Crippen LogP contribution >= 0.6 is 0 Å². The van der Waals surface area contributed by atoms with Gasteiger partial charge in [0, 0.05) is 38.6 Å². The molecule has 1 amide bonds. The summed E-state index contributed by atoms with van der Waals surface area (Å²) in [5.74, 6) is 0.292. The van der Waals surface area contributed by atoms with E-state index >= 15 is 0 Å². The summed E-state index contributed by atoms with van der Waals surface area (Å²) in [6.07, 6.45) is 3.32. The molecule has 1 aliphatic heterocycles. The molecule has 0 aliphatic carbocycles. The lowest BCUT2D eigenvalue weighted by Crippen LogP contribution is -2.41. The molecule has 3 rings (SSSR count). The number of carbonyl (C=O) groups is 1. The second-order valence-electron chi connectivity index (χ2n) is 4.51. The van der Waals surface area contributed by atoms with Crippen LogP contribution < -0.4 is 5.32 Å². The highest BCUT2D eigenvalue weighted by atomic mass is 16.5. The van der Waals surface area contributed by atoms with Gasteiger partial charge in [0.1, 0.15) is 0 Å². The van der Waals surface area contributed by atoms with Crippen LogP contribution in [0.1, 0.15) is 10.6 Å². The minimum Gasteiger partial charge on any atom is -0.379 e. The number of amides is 1. The van der Waals surface area contributed by atoms with Gasteiger partial charge in [0.15, 0.2) is 0 Å². The number of fused-ring (bicyclic) bond motifs is 1. The first-order valence-corrected chi connectivity index (χ1v) is 6.58. The quantitative estimate of drug-likeness (QED) is 0.786. The van der Waals surface area contributed by atoms with E-state index in [4.69, 9.17) is 4.74 Å². The van der Waals surface area contributed by atoms with Crippen molar-refractivity contribution in [3.63, 3.8) is 0 Å². The summed E-state index contributed by atoms with van der Waals surface area (Å²) < 4.78 is 6.75. The number of hydrogen-bond acceptors (Lipinski definition) is 6. The third-order valence-electron chi connectivity index (χ3n) is 3.14. The number of nitrogens with zero attached hydrogens (tertiary/aromatic N) is 5. The SMILES string of the molecule is O=C(NCCN1CCOCC1)c1nc2ncccn2n1. The Balaban J connectivity index is 1.53. The Morgan fingerprint density at radius 2 is 2.25 bits per heavy atom. The molecule has 106 valence electrons. The minimum absolute atomic E-state index is 0.144. The molecule has 0 unspecified atom stereocenters. The second kappa shape index (κ2) is 5.93. The van der Waals surface area contributed by atoms with Gasteiger partial charge in [-0.2, -0.15) is 4.98 Å². The average molecular weight is 276 g/mol. The highest BCUT2D eigenvalue weighted by Crippen LogP contribution is 1.97. The van der Waals surface area contributed by atoms with E-state index in [1.54, 1.807) is 18.5 Å². The normalized spacial score (nSPS) is 16.4. The number of ether oxygens (including phenoxy) is 1. The van der Waals surface area contributed by atoms with Crippen LogP contribution in [0, 0.1) is 0 Å². The summed E-state index contributed by atoms with van der Waals surface area (Å²) in [5.41, 5.74) is 0. The van der Waals surface area contributed by atoms with E-state index in [0.717, 1.165) is 32.8 Å². The molecule has 0 radical (unpaired) electrons. The van der Waals surface area contributed by atoms with Gasteiger partial charge in [-0.3, -0.25) is 9.69 Å². The van der Waals surface area contributed by atoms with E-state index in [9.17, 15) is 4.79 Å². The van der Waals surface area contributed by atoms with Gasteiger partial charge in [-0.05, 0) is 6.07 Å². The maximum absolute atomic E-state index is 11.9. The number of rotatable bonds is 4. The number of aromatic nitrogens is 4. The monoisotopic (exact) mass is 276 g/mol. The van der Waals surface area contributed by atoms with Gasteiger partial charge in [0.05, 0.1) is 13.2 Å². The van der Waals surface area contributed by atoms with Crippen LogP contribution in [-0.4, -0.2) is 69.8 Å². The van der Waals surface area contributed by atoms with Crippen molar-refractivity contribution in [1.29, 1.82) is 0 Å². The summed E-state index contributed by atoms with van der Waals surface area (Å²) in [6.45, 7) is 4.71. The fourth-order valence-electron chi connectivity index (χ4n) is 2.06. The van der Waals surface area contributed by atoms with Crippen molar-refractivity contribution in [2.45, 2.75) is 0 Å². The Bertz CT molecular complexity index is 559. The number of morpholine rings is 1. The van der Waals surface area contributed by atoms with Crippen molar-refractivity contribution in [3.8, 4) is 0 Å². The van der Waals surface area contributed by atoms with Crippen molar-refractivity contribution in [1.82, 2.24) is 29.8 Å². The molecule has 0 spiro atoms. The number of carbonyl (C=O) groups excluding carboxylic acids is 1. The van der Waals surface area contributed by atoms with Gasteiger partial charge in [0.25, 0.3) is 11.7 Å². The maximum Gasteiger partial charge on any atom is 0.291 e. The zero-order valence-corrected chi connectivity index (χ0v) is 11.0. The fraction of sp³-hybridized carbons (Fsp3) is 0.500. The van der Waals surface area contributed by atoms with Crippen LogP contribution in [-0.2, 0) is 4.74 Å². The lowest BCUT2D eigenvalue weighted by atomic mass is 10.4. The Hall–Kier alpha value is -2.06. The van der Waals surface area contributed by atoms with Crippen molar-refractivity contribution in [2.75, 3.05) is 39.4 Å². The first kappa shape index (κ1) is 12.9. The zero-order chi connectivity index (χ0) is 13.8. The highest BCUT2D eigenvalue weighted by Gasteiger charge is 2.14. The van der Waals surface area contributed by atoms with E-state index in [0.29, 0.717) is 12.3 Å². The molecule has 3 heterocycles. The van der Waals surface area contributed by atoms with Gasteiger partial charge in [-0.15, -0.1) is 5.10 Å². The van der Waals surface area contributed by atoms with Gasteiger partial charge in [-0.25, -0.2) is 9.50 Å². The molecule has 0 bridgehead atoms. The van der Waals surface area contributed by atoms with Crippen LogP contribution in [0.4, 0.5) is 0 Å². The molecule has 2 aromatic rings. The standard InChI is InChI=1S/C12H16N6O2/c19-11(13-3-5-17-6-8-20-9-7-17)10-15-12-14-2-1-4-18(12)16-10/h1-2,4H,3,5-9H2,(H,13,19). The van der Waals surface area contributed by atoms with Crippen molar-refractivity contribution in [2.24, 2.45) is 0 Å². The number of hydrogen-bond donors (Lipinski definition) is 1. The van der Waals surface area contributed by atoms with E-state index in [1.165, 1.54) is 4.52 Å². The zero-order valence-electron chi connectivity index (χ0n) is 11.0. The second-order valence-corrected chi connectivity index (χ2v) is 4.51. The predicted molar refractivity (Wildman–Crippen MR) is 70.4 cm³/mol. The molecule has 1 saturated heterocycles. The Morgan fingerprint density at radius 3 is 3.05 bits per heavy atom. The van der Waals surface area contributed by atoms with Gasteiger partial charge >= 0.3 is 0 Å². The van der Waals surface area contributed by atoms with Crippen LogP contribution in [0.3, 0.4) is 0 Å². The van der Waals surface area contributed by atoms with Crippen LogP contribution in [0.25, 0.3) is 5.78 Å². The molecule has 2 aromatic heterocycles. The molecule has 1 aliphatic rings. The van der Waals surface area contributed by atoms with Crippen LogP contribution in [0.2, 0.25) is 0 Å². The van der Waals surface area contributed by atoms with E-state index in [-0.39, 0.29) is 11.7 Å². The Labute approximate surface area is 115 Å². The summed E-state index contributed by atoms with van der Waals surface area (Å²) >= 11 is 0. The summed E-state index contributed by atoms with van der Waals surface area (Å²) in [7, 11) is 0. The lowest BCUT2D eigenvalue weighted by molar-refractivity contribution is 0.0383. The molecular formula is C12H16N6O2. The average Bonchev–Trinajstić information content (AvgIpc) is 2.92. The molecular weight excluding hydrogens is 260 g/mol. The number of nitrogens with one attached hydrogen (secondary N) is 1. The van der Waals surface area contributed by atoms with E-state index in [2.05, 4.69) is 25.3 Å². The third-order valence-corrected chi connectivity index (χ3v) is 3.14. The minimum atomic E-state index is -0.274. The van der Waals surface area contributed by atoms with Crippen molar-refractivity contribution < 1.29 is 9.53 Å². The molecule has 8 heteroatoms. The molecule has 0 atom stereocenters. The largest absolute Gasteiger partial charge is 0.379 e. The first-order chi connectivity index (χ1) is 9.83. The topological polar surface area (TPSA) is 84.7 Å². The highest BCUT2D eigenvalue weighted by molar-refractivity contribution is 5.90. The Kier molecular flexibility index (Phi) is 3.84. The fourth-order valence-corrected chi connectivity index (χ4v) is 2.06. The third kappa shape index (κ3) is 2.91. The molecule has 8 nitrogen and oxygen atoms in total. The maximum atomic E-state index is 11.9. The van der Waals surface area contributed by atoms with Crippen molar-refractivity contribution >= 4 is 11.7 Å². The van der Waals surface area contributed by atoms with Crippen LogP contribution in [0.15, 0.2) is 18.5 Å². The van der Waals surface area contributed by atoms with Gasteiger partial charge in [0.2, 0.25) is 5.82 Å². The first-order valence-electron chi connectivity index (χ1n) is 6.58. The smallest absolute Gasteiger partial charge is 0.291 e. The molecule has 0 saturated carbocycles. The molecule has 1 fully saturated rings. The molecule has 20 heavy (non-hydrogen) atoms. The summed E-state index contributed by atoms with van der Waals surface area (Å²) in [4.78, 5) is 22.3. The van der Waals surface area contributed by atoms with E-state index in [1.807, 2.05) is 0 Å². The molecule has 1 N–H and O–H groups in total.